The molecule has 19 heavy (non-hydrogen) atoms. The molecule has 0 radical (unpaired) electrons. The van der Waals surface area contributed by atoms with E-state index in [4.69, 9.17) is 11.6 Å². The minimum Gasteiger partial charge on any atom is -0.325 e. The minimum atomic E-state index is -0.109. The maximum absolute atomic E-state index is 12.4. The van der Waals surface area contributed by atoms with E-state index in [9.17, 15) is 4.79 Å². The molecule has 1 aliphatic heterocycles. The van der Waals surface area contributed by atoms with E-state index in [0.717, 1.165) is 32.2 Å². The Bertz CT molecular complexity index is 501. The standard InChI is InChI=1S/C13H17ClN4O/c1-17-9-13(6-3-2-4-7-13)18(12(17)19)10-5-8-15-11(14)16-10/h5,8H,2-4,6-7,9H2,1H3. The molecule has 2 aliphatic rings. The van der Waals surface area contributed by atoms with E-state index in [-0.39, 0.29) is 16.9 Å². The van der Waals surface area contributed by atoms with E-state index in [1.54, 1.807) is 17.2 Å². The van der Waals surface area contributed by atoms with E-state index >= 15 is 0 Å². The lowest BCUT2D eigenvalue weighted by Gasteiger charge is -2.39. The Morgan fingerprint density at radius 2 is 2.05 bits per heavy atom. The highest BCUT2D eigenvalue weighted by atomic mass is 35.5. The summed E-state index contributed by atoms with van der Waals surface area (Å²) in [5.41, 5.74) is -0.109. The van der Waals surface area contributed by atoms with Crippen LogP contribution in [0.15, 0.2) is 12.3 Å². The molecule has 1 saturated heterocycles. The highest BCUT2D eigenvalue weighted by Gasteiger charge is 2.49. The minimum absolute atomic E-state index is 0.0108. The number of anilines is 1. The van der Waals surface area contributed by atoms with Crippen LogP contribution in [0.3, 0.4) is 0 Å². The summed E-state index contributed by atoms with van der Waals surface area (Å²) >= 11 is 5.86. The number of likely N-dealkylation sites (N-methyl/N-ethyl adjacent to an activating group) is 1. The number of nitrogens with zero attached hydrogens (tertiary/aromatic N) is 4. The largest absolute Gasteiger partial charge is 0.326 e. The van der Waals surface area contributed by atoms with Gasteiger partial charge in [-0.15, -0.1) is 0 Å². The Morgan fingerprint density at radius 3 is 2.74 bits per heavy atom. The molecule has 5 nitrogen and oxygen atoms in total. The van der Waals surface area contributed by atoms with Crippen LogP contribution in [0.4, 0.5) is 10.6 Å². The fourth-order valence-corrected chi connectivity index (χ4v) is 3.48. The average molecular weight is 281 g/mol. The normalized spacial score (nSPS) is 22.3. The van der Waals surface area contributed by atoms with Crippen LogP contribution < -0.4 is 4.90 Å². The lowest BCUT2D eigenvalue weighted by Crippen LogP contribution is -2.49. The predicted octanol–water partition coefficient (Wildman–Crippen LogP) is 2.70. The molecule has 0 bridgehead atoms. The lowest BCUT2D eigenvalue weighted by molar-refractivity contribution is 0.228. The van der Waals surface area contributed by atoms with E-state index in [0.29, 0.717) is 5.82 Å². The Kier molecular flexibility index (Phi) is 3.09. The van der Waals surface area contributed by atoms with Gasteiger partial charge in [-0.1, -0.05) is 19.3 Å². The molecule has 3 rings (SSSR count). The smallest absolute Gasteiger partial charge is 0.325 e. The molecule has 0 aromatic carbocycles. The van der Waals surface area contributed by atoms with Crippen molar-refractivity contribution in [1.82, 2.24) is 14.9 Å². The summed E-state index contributed by atoms with van der Waals surface area (Å²) in [7, 11) is 1.85. The molecule has 0 unspecified atom stereocenters. The summed E-state index contributed by atoms with van der Waals surface area (Å²) in [5, 5.41) is 0.186. The zero-order valence-corrected chi connectivity index (χ0v) is 11.7. The van der Waals surface area contributed by atoms with Crippen molar-refractivity contribution in [2.75, 3.05) is 18.5 Å². The summed E-state index contributed by atoms with van der Waals surface area (Å²) in [6, 6.07) is 1.77. The molecular weight excluding hydrogens is 264 g/mol. The van der Waals surface area contributed by atoms with Gasteiger partial charge in [-0.3, -0.25) is 4.90 Å². The quantitative estimate of drug-likeness (QED) is 0.743. The van der Waals surface area contributed by atoms with Crippen molar-refractivity contribution in [2.24, 2.45) is 0 Å². The number of urea groups is 1. The second-order valence-corrected chi connectivity index (χ2v) is 5.78. The van der Waals surface area contributed by atoms with E-state index < -0.39 is 0 Å². The number of amides is 2. The van der Waals surface area contributed by atoms with Gasteiger partial charge in [0.25, 0.3) is 0 Å². The molecule has 2 heterocycles. The number of carbonyl (C=O) groups excluding carboxylic acids is 1. The van der Waals surface area contributed by atoms with Crippen LogP contribution in [0.1, 0.15) is 32.1 Å². The first kappa shape index (κ1) is 12.7. The van der Waals surface area contributed by atoms with Crippen LogP contribution in [-0.4, -0.2) is 40.0 Å². The van der Waals surface area contributed by atoms with Gasteiger partial charge >= 0.3 is 6.03 Å². The number of hydrogen-bond acceptors (Lipinski definition) is 3. The van der Waals surface area contributed by atoms with Gasteiger partial charge in [-0.2, -0.15) is 0 Å². The second kappa shape index (κ2) is 4.63. The number of hydrogen-bond donors (Lipinski definition) is 0. The molecule has 2 fully saturated rings. The van der Waals surface area contributed by atoms with Gasteiger partial charge < -0.3 is 4.90 Å². The van der Waals surface area contributed by atoms with E-state index in [2.05, 4.69) is 9.97 Å². The van der Waals surface area contributed by atoms with Crippen molar-refractivity contribution in [3.05, 3.63) is 17.5 Å². The third-order valence-electron chi connectivity index (χ3n) is 4.15. The Hall–Kier alpha value is -1.36. The molecule has 102 valence electrons. The molecule has 1 aromatic rings. The molecular formula is C13H17ClN4O. The van der Waals surface area contributed by atoms with Crippen molar-refractivity contribution in [3.63, 3.8) is 0 Å². The number of carbonyl (C=O) groups is 1. The first-order valence-electron chi connectivity index (χ1n) is 6.66. The van der Waals surface area contributed by atoms with Crippen molar-refractivity contribution >= 4 is 23.4 Å². The van der Waals surface area contributed by atoms with Crippen LogP contribution in [-0.2, 0) is 0 Å². The third kappa shape index (κ3) is 2.06. The van der Waals surface area contributed by atoms with Gasteiger partial charge in [-0.25, -0.2) is 14.8 Å². The van der Waals surface area contributed by atoms with Gasteiger partial charge in [0.15, 0.2) is 0 Å². The van der Waals surface area contributed by atoms with Crippen LogP contribution >= 0.6 is 11.6 Å². The molecule has 1 aliphatic carbocycles. The Labute approximate surface area is 117 Å². The number of rotatable bonds is 1. The molecule has 0 N–H and O–H groups in total. The highest BCUT2D eigenvalue weighted by molar-refractivity contribution is 6.28. The fourth-order valence-electron chi connectivity index (χ4n) is 3.34. The first-order chi connectivity index (χ1) is 9.12. The van der Waals surface area contributed by atoms with Crippen LogP contribution in [0.5, 0.6) is 0 Å². The van der Waals surface area contributed by atoms with Gasteiger partial charge in [-0.05, 0) is 30.5 Å². The van der Waals surface area contributed by atoms with Gasteiger partial charge in [0.2, 0.25) is 5.28 Å². The molecule has 1 aromatic heterocycles. The summed E-state index contributed by atoms with van der Waals surface area (Å²) in [6.45, 7) is 0.771. The third-order valence-corrected chi connectivity index (χ3v) is 4.33. The summed E-state index contributed by atoms with van der Waals surface area (Å²) in [6.07, 6.45) is 7.24. The predicted molar refractivity (Wildman–Crippen MR) is 73.4 cm³/mol. The molecule has 1 spiro atoms. The van der Waals surface area contributed by atoms with Gasteiger partial charge in [0, 0.05) is 19.8 Å². The Morgan fingerprint density at radius 1 is 1.32 bits per heavy atom. The monoisotopic (exact) mass is 280 g/mol. The van der Waals surface area contributed by atoms with Crippen LogP contribution in [0.25, 0.3) is 0 Å². The molecule has 1 saturated carbocycles. The van der Waals surface area contributed by atoms with Crippen molar-refractivity contribution in [3.8, 4) is 0 Å². The maximum Gasteiger partial charge on any atom is 0.326 e. The molecule has 0 atom stereocenters. The van der Waals surface area contributed by atoms with Crippen LogP contribution in [0, 0.1) is 0 Å². The SMILES string of the molecule is CN1CC2(CCCCC2)N(c2ccnc(Cl)n2)C1=O. The van der Waals surface area contributed by atoms with E-state index in [1.165, 1.54) is 6.42 Å². The number of halogens is 1. The van der Waals surface area contributed by atoms with Crippen molar-refractivity contribution < 1.29 is 4.79 Å². The Balaban J connectivity index is 2.02. The van der Waals surface area contributed by atoms with E-state index in [1.807, 2.05) is 11.9 Å². The average Bonchev–Trinajstić information content (AvgIpc) is 2.62. The molecule has 2 amide bonds. The van der Waals surface area contributed by atoms with Gasteiger partial charge in [0.1, 0.15) is 5.82 Å². The van der Waals surface area contributed by atoms with Gasteiger partial charge in [0.05, 0.1) is 5.54 Å². The topological polar surface area (TPSA) is 49.3 Å². The summed E-state index contributed by atoms with van der Waals surface area (Å²) in [5.74, 6) is 0.622. The lowest BCUT2D eigenvalue weighted by atomic mass is 9.81. The van der Waals surface area contributed by atoms with Crippen molar-refractivity contribution in [1.29, 1.82) is 0 Å². The summed E-state index contributed by atoms with van der Waals surface area (Å²) in [4.78, 5) is 24.2. The zero-order valence-electron chi connectivity index (χ0n) is 11.0. The second-order valence-electron chi connectivity index (χ2n) is 5.44. The maximum atomic E-state index is 12.4. The number of aromatic nitrogens is 2. The summed E-state index contributed by atoms with van der Waals surface area (Å²) < 4.78 is 0. The van der Waals surface area contributed by atoms with Crippen LogP contribution in [0.2, 0.25) is 5.28 Å². The highest BCUT2D eigenvalue weighted by Crippen LogP contribution is 2.41. The first-order valence-corrected chi connectivity index (χ1v) is 7.04. The van der Waals surface area contributed by atoms with Crippen molar-refractivity contribution in [2.45, 2.75) is 37.6 Å². The zero-order chi connectivity index (χ0) is 13.5. The fraction of sp³-hybridized carbons (Fsp3) is 0.615. The molecule has 6 heteroatoms.